The van der Waals surface area contributed by atoms with Crippen molar-refractivity contribution in [1.82, 2.24) is 14.8 Å². The molecule has 0 amide bonds. The van der Waals surface area contributed by atoms with Gasteiger partial charge in [0, 0.05) is 45.7 Å². The number of aromatic nitrogens is 1. The molecule has 2 saturated heterocycles. The summed E-state index contributed by atoms with van der Waals surface area (Å²) in [4.78, 5) is 6.78. The second-order valence-electron chi connectivity index (χ2n) is 7.02. The first-order valence-electron chi connectivity index (χ1n) is 9.55. The Morgan fingerprint density at radius 2 is 2.16 bits per heavy atom. The molecule has 0 radical (unpaired) electrons. The fourth-order valence-corrected chi connectivity index (χ4v) is 3.60. The number of nitrogens with one attached hydrogen (secondary N) is 1. The van der Waals surface area contributed by atoms with Gasteiger partial charge in [0.25, 0.3) is 0 Å². The third kappa shape index (κ3) is 5.22. The molecule has 2 fully saturated rings. The topological polar surface area (TPSA) is 51.0 Å². The highest BCUT2D eigenvalue weighted by atomic mass is 16.5. The average molecular weight is 348 g/mol. The number of rotatable bonds is 5. The van der Waals surface area contributed by atoms with Crippen LogP contribution >= 0.6 is 0 Å². The van der Waals surface area contributed by atoms with E-state index in [-0.39, 0.29) is 0 Å². The van der Waals surface area contributed by atoms with E-state index in [1.54, 1.807) is 0 Å². The van der Waals surface area contributed by atoms with E-state index < -0.39 is 0 Å². The Labute approximate surface area is 151 Å². The summed E-state index contributed by atoms with van der Waals surface area (Å²) < 4.78 is 14.0. The van der Waals surface area contributed by atoms with Crippen LogP contribution in [0.5, 0.6) is 0 Å². The van der Waals surface area contributed by atoms with Crippen LogP contribution in [-0.4, -0.2) is 61.0 Å². The number of piperidine rings is 1. The lowest BCUT2D eigenvalue weighted by Gasteiger charge is -2.35. The van der Waals surface area contributed by atoms with Crippen molar-refractivity contribution < 1.29 is 9.47 Å². The maximum absolute atomic E-state index is 6.10. The van der Waals surface area contributed by atoms with Gasteiger partial charge in [-0.1, -0.05) is 0 Å². The molecule has 2 aliphatic rings. The van der Waals surface area contributed by atoms with Crippen molar-refractivity contribution in [2.24, 2.45) is 12.0 Å². The summed E-state index contributed by atoms with van der Waals surface area (Å²) in [7, 11) is 3.93. The Kier molecular flexibility index (Phi) is 6.76. The fourth-order valence-electron chi connectivity index (χ4n) is 3.60. The number of nitrogens with zero attached hydrogens (tertiary/aromatic N) is 3. The SMILES string of the molecule is CN=C(NCc1cccn1C)N1CCC(OCC2CCCCO2)CC1. The lowest BCUT2D eigenvalue weighted by atomic mass is 10.1. The van der Waals surface area contributed by atoms with E-state index in [0.717, 1.165) is 58.1 Å². The van der Waals surface area contributed by atoms with Gasteiger partial charge in [0.15, 0.2) is 5.96 Å². The van der Waals surface area contributed by atoms with E-state index in [1.807, 2.05) is 7.05 Å². The van der Waals surface area contributed by atoms with Gasteiger partial charge in [0.05, 0.1) is 25.4 Å². The summed E-state index contributed by atoms with van der Waals surface area (Å²) in [5.74, 6) is 0.982. The summed E-state index contributed by atoms with van der Waals surface area (Å²) in [6.45, 7) is 4.43. The standard InChI is InChI=1S/C19H32N4O2/c1-20-19(21-14-16-6-5-10-22(16)2)23-11-8-17(9-12-23)25-15-18-7-3-4-13-24-18/h5-6,10,17-18H,3-4,7-9,11-15H2,1-2H3,(H,20,21). The average Bonchev–Trinajstić information content (AvgIpc) is 3.07. The monoisotopic (exact) mass is 348 g/mol. The fraction of sp³-hybridized carbons (Fsp3) is 0.737. The molecular weight excluding hydrogens is 316 g/mol. The number of ether oxygens (including phenoxy) is 2. The lowest BCUT2D eigenvalue weighted by molar-refractivity contribution is -0.0721. The maximum Gasteiger partial charge on any atom is 0.193 e. The molecule has 1 aromatic heterocycles. The van der Waals surface area contributed by atoms with Gasteiger partial charge in [-0.15, -0.1) is 0 Å². The summed E-state index contributed by atoms with van der Waals surface area (Å²) in [5, 5.41) is 3.48. The van der Waals surface area contributed by atoms with Crippen LogP contribution in [0, 0.1) is 0 Å². The van der Waals surface area contributed by atoms with Crippen molar-refractivity contribution in [2.45, 2.75) is 50.9 Å². The van der Waals surface area contributed by atoms with Crippen LogP contribution in [-0.2, 0) is 23.1 Å². The zero-order chi connectivity index (χ0) is 17.5. The first-order valence-corrected chi connectivity index (χ1v) is 9.55. The molecular formula is C19H32N4O2. The number of likely N-dealkylation sites (tertiary alicyclic amines) is 1. The maximum atomic E-state index is 6.10. The largest absolute Gasteiger partial charge is 0.376 e. The van der Waals surface area contributed by atoms with E-state index in [0.29, 0.717) is 12.2 Å². The molecule has 6 heteroatoms. The molecule has 1 N–H and O–H groups in total. The molecule has 2 aliphatic heterocycles. The molecule has 3 rings (SSSR count). The number of hydrogen-bond acceptors (Lipinski definition) is 3. The predicted octanol–water partition coefficient (Wildman–Crippen LogP) is 2.15. The Balaban J connectivity index is 1.38. The highest BCUT2D eigenvalue weighted by molar-refractivity contribution is 5.79. The van der Waals surface area contributed by atoms with Crippen LogP contribution in [0.3, 0.4) is 0 Å². The molecule has 0 spiro atoms. The van der Waals surface area contributed by atoms with Gasteiger partial charge in [-0.25, -0.2) is 0 Å². The summed E-state index contributed by atoms with van der Waals surface area (Å²) in [5.41, 5.74) is 1.26. The number of guanidine groups is 1. The van der Waals surface area contributed by atoms with E-state index in [4.69, 9.17) is 9.47 Å². The van der Waals surface area contributed by atoms with Gasteiger partial charge in [-0.3, -0.25) is 4.99 Å². The van der Waals surface area contributed by atoms with Gasteiger partial charge in [0.2, 0.25) is 0 Å². The van der Waals surface area contributed by atoms with Crippen molar-refractivity contribution in [3.63, 3.8) is 0 Å². The van der Waals surface area contributed by atoms with Gasteiger partial charge in [0.1, 0.15) is 0 Å². The molecule has 1 aromatic rings. The van der Waals surface area contributed by atoms with Gasteiger partial charge < -0.3 is 24.3 Å². The minimum Gasteiger partial charge on any atom is -0.376 e. The minimum absolute atomic E-state index is 0.312. The lowest BCUT2D eigenvalue weighted by Crippen LogP contribution is -2.47. The zero-order valence-electron chi connectivity index (χ0n) is 15.6. The second-order valence-corrected chi connectivity index (χ2v) is 7.02. The molecule has 25 heavy (non-hydrogen) atoms. The number of aryl methyl sites for hydroxylation is 1. The molecule has 3 heterocycles. The van der Waals surface area contributed by atoms with Crippen LogP contribution < -0.4 is 5.32 Å². The smallest absolute Gasteiger partial charge is 0.193 e. The zero-order valence-corrected chi connectivity index (χ0v) is 15.6. The molecule has 0 aromatic carbocycles. The predicted molar refractivity (Wildman–Crippen MR) is 99.7 cm³/mol. The van der Waals surface area contributed by atoms with Crippen LogP contribution in [0.25, 0.3) is 0 Å². The summed E-state index contributed by atoms with van der Waals surface area (Å²) >= 11 is 0. The Morgan fingerprint density at radius 3 is 2.80 bits per heavy atom. The van der Waals surface area contributed by atoms with Gasteiger partial charge >= 0.3 is 0 Å². The molecule has 1 atom stereocenters. The number of hydrogen-bond donors (Lipinski definition) is 1. The molecule has 6 nitrogen and oxygen atoms in total. The van der Waals surface area contributed by atoms with E-state index in [2.05, 4.69) is 45.2 Å². The van der Waals surface area contributed by atoms with Crippen molar-refractivity contribution >= 4 is 5.96 Å². The quantitative estimate of drug-likeness (QED) is 0.654. The molecule has 0 aliphatic carbocycles. The second kappa shape index (κ2) is 9.25. The Bertz CT molecular complexity index is 543. The Morgan fingerprint density at radius 1 is 1.32 bits per heavy atom. The molecule has 0 saturated carbocycles. The normalized spacial score (nSPS) is 23.0. The van der Waals surface area contributed by atoms with Crippen LogP contribution in [0.1, 0.15) is 37.8 Å². The van der Waals surface area contributed by atoms with Crippen LogP contribution in [0.2, 0.25) is 0 Å². The molecule has 140 valence electrons. The Hall–Kier alpha value is -1.53. The minimum atomic E-state index is 0.312. The van der Waals surface area contributed by atoms with Crippen molar-refractivity contribution in [1.29, 1.82) is 0 Å². The number of aliphatic imine (C=N–C) groups is 1. The van der Waals surface area contributed by atoms with Crippen molar-refractivity contribution in [2.75, 3.05) is 33.4 Å². The first kappa shape index (κ1) is 18.3. The molecule has 1 unspecified atom stereocenters. The van der Waals surface area contributed by atoms with Crippen LogP contribution in [0.15, 0.2) is 23.3 Å². The molecule has 0 bridgehead atoms. The van der Waals surface area contributed by atoms with E-state index >= 15 is 0 Å². The highest BCUT2D eigenvalue weighted by Gasteiger charge is 2.23. The summed E-state index contributed by atoms with van der Waals surface area (Å²) in [6, 6.07) is 4.20. The van der Waals surface area contributed by atoms with Crippen molar-refractivity contribution in [3.8, 4) is 0 Å². The van der Waals surface area contributed by atoms with Crippen molar-refractivity contribution in [3.05, 3.63) is 24.0 Å². The van der Waals surface area contributed by atoms with Gasteiger partial charge in [-0.2, -0.15) is 0 Å². The summed E-state index contributed by atoms with van der Waals surface area (Å²) in [6.07, 6.45) is 8.46. The van der Waals surface area contributed by atoms with Gasteiger partial charge in [-0.05, 0) is 44.2 Å². The highest BCUT2D eigenvalue weighted by Crippen LogP contribution is 2.18. The van der Waals surface area contributed by atoms with E-state index in [1.165, 1.54) is 18.5 Å². The van der Waals surface area contributed by atoms with Crippen LogP contribution in [0.4, 0.5) is 0 Å². The third-order valence-electron chi connectivity index (χ3n) is 5.22. The van der Waals surface area contributed by atoms with E-state index in [9.17, 15) is 0 Å². The first-order chi connectivity index (χ1) is 12.3. The third-order valence-corrected chi connectivity index (χ3v) is 5.22.